The predicted octanol–water partition coefficient (Wildman–Crippen LogP) is 1.85. The Bertz CT molecular complexity index is 1310. The number of halogens is 2. The lowest BCUT2D eigenvalue weighted by Gasteiger charge is -2.72. The van der Waals surface area contributed by atoms with Gasteiger partial charge in [0.2, 0.25) is 5.91 Å². The van der Waals surface area contributed by atoms with Crippen LogP contribution in [0.25, 0.3) is 5.52 Å². The number of aromatic nitrogens is 3. The SMILES string of the molecule is CC(=O)NC12CC(NC(NC(=O)c3cccnc3)(c3ccc4cc(C#N)cnn34)C(F)F)(C1)C2. The monoisotopic (exact) mass is 465 g/mol. The molecule has 1 atom stereocenters. The second-order valence-electron chi connectivity index (χ2n) is 9.11. The van der Waals surface area contributed by atoms with E-state index in [-0.39, 0.29) is 22.7 Å². The molecule has 0 aliphatic heterocycles. The number of hydrogen-bond acceptors (Lipinski definition) is 6. The van der Waals surface area contributed by atoms with E-state index in [9.17, 15) is 9.59 Å². The van der Waals surface area contributed by atoms with Gasteiger partial charge in [0.1, 0.15) is 6.07 Å². The fourth-order valence-corrected chi connectivity index (χ4v) is 5.33. The number of nitrogens with one attached hydrogen (secondary N) is 3. The molecule has 34 heavy (non-hydrogen) atoms. The van der Waals surface area contributed by atoms with Gasteiger partial charge in [0.15, 0.2) is 5.66 Å². The zero-order valence-electron chi connectivity index (χ0n) is 18.2. The number of pyridine rings is 1. The molecule has 1 unspecified atom stereocenters. The Labute approximate surface area is 193 Å². The molecule has 3 heterocycles. The highest BCUT2D eigenvalue weighted by atomic mass is 19.3. The number of nitrogens with zero attached hydrogens (tertiary/aromatic N) is 4. The molecular formula is C23H21F2N7O2. The van der Waals surface area contributed by atoms with E-state index >= 15 is 8.78 Å². The summed E-state index contributed by atoms with van der Waals surface area (Å²) in [5.74, 6) is -0.902. The lowest BCUT2D eigenvalue weighted by molar-refractivity contribution is -0.156. The van der Waals surface area contributed by atoms with Crippen molar-refractivity contribution in [2.75, 3.05) is 0 Å². The van der Waals surface area contributed by atoms with Crippen molar-refractivity contribution in [3.8, 4) is 6.07 Å². The molecule has 3 aromatic heterocycles. The van der Waals surface area contributed by atoms with Crippen LogP contribution in [0, 0.1) is 11.3 Å². The maximum atomic E-state index is 15.0. The van der Waals surface area contributed by atoms with E-state index in [4.69, 9.17) is 5.26 Å². The normalized spacial score (nSPS) is 24.4. The molecule has 3 saturated carbocycles. The van der Waals surface area contributed by atoms with Gasteiger partial charge >= 0.3 is 0 Å². The van der Waals surface area contributed by atoms with Crippen LogP contribution < -0.4 is 16.0 Å². The minimum atomic E-state index is -3.06. The van der Waals surface area contributed by atoms with Crippen LogP contribution in [0.2, 0.25) is 0 Å². The molecule has 2 bridgehead atoms. The lowest BCUT2D eigenvalue weighted by atomic mass is 9.43. The van der Waals surface area contributed by atoms with Crippen molar-refractivity contribution >= 4 is 17.3 Å². The Balaban J connectivity index is 1.56. The van der Waals surface area contributed by atoms with Crippen LogP contribution in [0.4, 0.5) is 8.78 Å². The molecule has 3 aromatic rings. The average molecular weight is 465 g/mol. The van der Waals surface area contributed by atoms with Gasteiger partial charge < -0.3 is 10.6 Å². The highest BCUT2D eigenvalue weighted by molar-refractivity contribution is 5.94. The van der Waals surface area contributed by atoms with Gasteiger partial charge in [0.25, 0.3) is 12.3 Å². The molecule has 3 N–H and O–H groups in total. The third-order valence-electron chi connectivity index (χ3n) is 6.53. The standard InChI is InChI=1S/C23H21F2N7O2/c1-14(33)29-21-11-22(12-21,13-21)31-23(20(24)25,30-19(34)16-3-2-6-27-10-16)18-5-4-17-7-15(8-26)9-28-32(17)18/h2-7,9-10,20,31H,11-13H2,1H3,(H,29,33)(H,30,34). The van der Waals surface area contributed by atoms with E-state index in [1.54, 1.807) is 12.1 Å². The van der Waals surface area contributed by atoms with Crippen molar-refractivity contribution < 1.29 is 18.4 Å². The molecule has 3 fully saturated rings. The zero-order valence-corrected chi connectivity index (χ0v) is 18.2. The average Bonchev–Trinajstić information content (AvgIpc) is 3.19. The van der Waals surface area contributed by atoms with Crippen molar-refractivity contribution in [3.05, 3.63) is 65.7 Å². The maximum absolute atomic E-state index is 15.0. The van der Waals surface area contributed by atoms with Gasteiger partial charge in [-0.15, -0.1) is 0 Å². The second-order valence-corrected chi connectivity index (χ2v) is 9.11. The first-order valence-electron chi connectivity index (χ1n) is 10.7. The van der Waals surface area contributed by atoms with Gasteiger partial charge in [-0.3, -0.25) is 19.9 Å². The van der Waals surface area contributed by atoms with Gasteiger partial charge in [-0.05, 0) is 49.6 Å². The number of carbonyl (C=O) groups is 2. The van der Waals surface area contributed by atoms with Crippen molar-refractivity contribution in [1.29, 1.82) is 5.26 Å². The summed E-state index contributed by atoms with van der Waals surface area (Å²) in [5, 5.41) is 21.8. The van der Waals surface area contributed by atoms with E-state index in [1.807, 2.05) is 6.07 Å². The van der Waals surface area contributed by atoms with Crippen LogP contribution >= 0.6 is 0 Å². The molecule has 11 heteroatoms. The van der Waals surface area contributed by atoms with E-state index in [2.05, 4.69) is 26.0 Å². The van der Waals surface area contributed by atoms with Gasteiger partial charge in [0, 0.05) is 30.4 Å². The number of alkyl halides is 2. The molecule has 0 aromatic carbocycles. The second kappa shape index (κ2) is 7.56. The first-order valence-corrected chi connectivity index (χ1v) is 10.7. The summed E-state index contributed by atoms with van der Waals surface area (Å²) >= 11 is 0. The van der Waals surface area contributed by atoms with Crippen molar-refractivity contribution in [2.24, 2.45) is 0 Å². The van der Waals surface area contributed by atoms with E-state index in [1.165, 1.54) is 48.2 Å². The Morgan fingerprint density at radius 2 is 1.97 bits per heavy atom. The van der Waals surface area contributed by atoms with Crippen LogP contribution in [0.1, 0.15) is 47.8 Å². The minimum Gasteiger partial charge on any atom is -0.351 e. The number of carbonyl (C=O) groups excluding carboxylic acids is 2. The summed E-state index contributed by atoms with van der Waals surface area (Å²) in [6.45, 7) is 1.42. The largest absolute Gasteiger partial charge is 0.351 e. The van der Waals surface area contributed by atoms with Crippen LogP contribution in [0.5, 0.6) is 0 Å². The lowest BCUT2D eigenvalue weighted by Crippen LogP contribution is -2.86. The van der Waals surface area contributed by atoms with Gasteiger partial charge in [-0.25, -0.2) is 13.3 Å². The number of fused-ring (bicyclic) bond motifs is 1. The highest BCUT2D eigenvalue weighted by Gasteiger charge is 2.71. The predicted molar refractivity (Wildman–Crippen MR) is 116 cm³/mol. The van der Waals surface area contributed by atoms with E-state index in [0.717, 1.165) is 0 Å². The Kier molecular flexibility index (Phi) is 4.87. The molecular weight excluding hydrogens is 444 g/mol. The first-order chi connectivity index (χ1) is 16.2. The third-order valence-corrected chi connectivity index (χ3v) is 6.53. The fraction of sp³-hybridized carbons (Fsp3) is 0.348. The summed E-state index contributed by atoms with van der Waals surface area (Å²) < 4.78 is 31.3. The zero-order chi connectivity index (χ0) is 24.1. The van der Waals surface area contributed by atoms with Gasteiger partial charge in [-0.2, -0.15) is 10.4 Å². The minimum absolute atomic E-state index is 0.0255. The number of amides is 2. The molecule has 2 amide bonds. The maximum Gasteiger partial charge on any atom is 0.280 e. The summed E-state index contributed by atoms with van der Waals surface area (Å²) in [7, 11) is 0. The fourth-order valence-electron chi connectivity index (χ4n) is 5.33. The summed E-state index contributed by atoms with van der Waals surface area (Å²) in [5.41, 5.74) is -2.50. The number of rotatable bonds is 7. The third kappa shape index (κ3) is 3.38. The quantitative estimate of drug-likeness (QED) is 0.458. The molecule has 174 valence electrons. The van der Waals surface area contributed by atoms with Crippen LogP contribution in [-0.2, 0) is 10.5 Å². The van der Waals surface area contributed by atoms with Crippen LogP contribution in [0.3, 0.4) is 0 Å². The molecule has 0 saturated heterocycles. The molecule has 9 nitrogen and oxygen atoms in total. The van der Waals surface area contributed by atoms with Crippen LogP contribution in [-0.4, -0.2) is 43.9 Å². The molecule has 3 aliphatic carbocycles. The Morgan fingerprint density at radius 3 is 2.59 bits per heavy atom. The van der Waals surface area contributed by atoms with Crippen molar-refractivity contribution in [1.82, 2.24) is 30.5 Å². The summed E-state index contributed by atoms with van der Waals surface area (Å²) in [6.07, 6.45) is 2.39. The Morgan fingerprint density at radius 1 is 1.21 bits per heavy atom. The van der Waals surface area contributed by atoms with E-state index < -0.39 is 29.1 Å². The topological polar surface area (TPSA) is 124 Å². The van der Waals surface area contributed by atoms with Crippen molar-refractivity contribution in [2.45, 2.75) is 49.4 Å². The van der Waals surface area contributed by atoms with E-state index in [0.29, 0.717) is 24.8 Å². The summed E-state index contributed by atoms with van der Waals surface area (Å²) in [6, 6.07) is 9.56. The molecule has 6 rings (SSSR count). The number of nitriles is 1. The number of hydrogen-bond donors (Lipinski definition) is 3. The molecule has 0 spiro atoms. The molecule has 3 aliphatic rings. The van der Waals surface area contributed by atoms with Gasteiger partial charge in [0.05, 0.1) is 28.5 Å². The van der Waals surface area contributed by atoms with Crippen molar-refractivity contribution in [3.63, 3.8) is 0 Å². The van der Waals surface area contributed by atoms with Crippen LogP contribution in [0.15, 0.2) is 48.9 Å². The highest BCUT2D eigenvalue weighted by Crippen LogP contribution is 2.61. The summed E-state index contributed by atoms with van der Waals surface area (Å²) in [4.78, 5) is 28.5. The smallest absolute Gasteiger partial charge is 0.280 e. The Hall–Kier alpha value is -3.91. The molecule has 0 radical (unpaired) electrons. The van der Waals surface area contributed by atoms with Gasteiger partial charge in [-0.1, -0.05) is 0 Å². The first kappa shape index (κ1) is 21.9.